The van der Waals surface area contributed by atoms with Crippen molar-refractivity contribution in [2.24, 2.45) is 4.99 Å². The Balaban J connectivity index is 1.48. The highest BCUT2D eigenvalue weighted by atomic mass is 35.5. The lowest BCUT2D eigenvalue weighted by Crippen LogP contribution is -2.48. The number of aromatic nitrogens is 3. The van der Waals surface area contributed by atoms with Crippen LogP contribution in [0, 0.1) is 0 Å². The van der Waals surface area contributed by atoms with Crippen LogP contribution in [-0.2, 0) is 24.3 Å². The molecular formula is C19H27ClN6O2. The Kier molecular flexibility index (Phi) is 7.11. The summed E-state index contributed by atoms with van der Waals surface area (Å²) in [4.78, 5) is 8.82. The molecule has 28 heavy (non-hydrogen) atoms. The third-order valence-electron chi connectivity index (χ3n) is 4.46. The number of aryl methyl sites for hydroxylation is 1. The molecule has 2 heterocycles. The van der Waals surface area contributed by atoms with Gasteiger partial charge >= 0.3 is 0 Å². The molecule has 9 heteroatoms. The molecule has 0 aliphatic carbocycles. The molecule has 0 spiro atoms. The van der Waals surface area contributed by atoms with E-state index in [1.54, 1.807) is 14.2 Å². The Morgan fingerprint density at radius 1 is 1.43 bits per heavy atom. The third-order valence-corrected chi connectivity index (χ3v) is 4.77. The van der Waals surface area contributed by atoms with Gasteiger partial charge in [0.1, 0.15) is 24.3 Å². The Bertz CT molecular complexity index is 809. The minimum absolute atomic E-state index is 0.0664. The zero-order valence-corrected chi connectivity index (χ0v) is 17.2. The van der Waals surface area contributed by atoms with Gasteiger partial charge in [0.25, 0.3) is 0 Å². The quantitative estimate of drug-likeness (QED) is 0.540. The first-order valence-electron chi connectivity index (χ1n) is 9.39. The lowest BCUT2D eigenvalue weighted by Gasteiger charge is -2.26. The van der Waals surface area contributed by atoms with Gasteiger partial charge in [0.05, 0.1) is 18.1 Å². The lowest BCUT2D eigenvalue weighted by atomic mass is 10.1. The summed E-state index contributed by atoms with van der Waals surface area (Å²) in [6.45, 7) is 3.77. The van der Waals surface area contributed by atoms with E-state index >= 15 is 0 Å². The zero-order valence-electron chi connectivity index (χ0n) is 16.5. The van der Waals surface area contributed by atoms with Gasteiger partial charge in [-0.1, -0.05) is 23.7 Å². The van der Waals surface area contributed by atoms with Crippen molar-refractivity contribution in [2.45, 2.75) is 45.1 Å². The topological polar surface area (TPSA) is 85.6 Å². The molecule has 0 amide bonds. The van der Waals surface area contributed by atoms with Crippen molar-refractivity contribution in [3.8, 4) is 5.75 Å². The highest BCUT2D eigenvalue weighted by Crippen LogP contribution is 2.24. The third kappa shape index (κ3) is 5.36. The Hall–Kier alpha value is -2.32. The largest absolute Gasteiger partial charge is 0.487 e. The van der Waals surface area contributed by atoms with Gasteiger partial charge in [-0.3, -0.25) is 4.99 Å². The molecule has 152 valence electrons. The molecule has 3 rings (SSSR count). The molecule has 1 aromatic heterocycles. The molecule has 0 saturated heterocycles. The van der Waals surface area contributed by atoms with E-state index in [4.69, 9.17) is 21.1 Å². The molecule has 2 aromatic rings. The van der Waals surface area contributed by atoms with Gasteiger partial charge in [0, 0.05) is 26.6 Å². The number of rotatable bonds is 7. The van der Waals surface area contributed by atoms with Gasteiger partial charge in [0.15, 0.2) is 11.8 Å². The number of benzene rings is 1. The summed E-state index contributed by atoms with van der Waals surface area (Å²) in [5, 5.41) is 11.9. The number of aliphatic imine (C=N–C) groups is 1. The summed E-state index contributed by atoms with van der Waals surface area (Å²) < 4.78 is 13.0. The van der Waals surface area contributed by atoms with Crippen LogP contribution in [0.5, 0.6) is 5.75 Å². The van der Waals surface area contributed by atoms with Crippen LogP contribution in [0.3, 0.4) is 0 Å². The van der Waals surface area contributed by atoms with Gasteiger partial charge in [0.2, 0.25) is 0 Å². The molecule has 2 N–H and O–H groups in total. The molecule has 2 atom stereocenters. The van der Waals surface area contributed by atoms with Crippen molar-refractivity contribution >= 4 is 17.6 Å². The zero-order chi connectivity index (χ0) is 19.9. The first-order chi connectivity index (χ1) is 13.6. The summed E-state index contributed by atoms with van der Waals surface area (Å²) in [6.07, 6.45) is 1.78. The van der Waals surface area contributed by atoms with Crippen LogP contribution in [0.2, 0.25) is 5.02 Å². The number of hydrogen-bond acceptors (Lipinski definition) is 5. The van der Waals surface area contributed by atoms with Gasteiger partial charge in [-0.25, -0.2) is 9.67 Å². The highest BCUT2D eigenvalue weighted by molar-refractivity contribution is 6.32. The summed E-state index contributed by atoms with van der Waals surface area (Å²) >= 11 is 6.15. The highest BCUT2D eigenvalue weighted by Gasteiger charge is 2.22. The van der Waals surface area contributed by atoms with E-state index in [1.807, 2.05) is 35.9 Å². The van der Waals surface area contributed by atoms with Crippen LogP contribution in [0.4, 0.5) is 0 Å². The fourth-order valence-electron chi connectivity index (χ4n) is 3.10. The van der Waals surface area contributed by atoms with Crippen LogP contribution in [0.1, 0.15) is 25.0 Å². The Morgan fingerprint density at radius 2 is 2.25 bits per heavy atom. The van der Waals surface area contributed by atoms with Crippen molar-refractivity contribution in [1.82, 2.24) is 25.4 Å². The predicted molar refractivity (Wildman–Crippen MR) is 109 cm³/mol. The van der Waals surface area contributed by atoms with Crippen molar-refractivity contribution in [3.63, 3.8) is 0 Å². The fraction of sp³-hybridized carbons (Fsp3) is 0.526. The molecule has 8 nitrogen and oxygen atoms in total. The van der Waals surface area contributed by atoms with Crippen molar-refractivity contribution < 1.29 is 9.47 Å². The van der Waals surface area contributed by atoms with Crippen molar-refractivity contribution in [2.75, 3.05) is 20.7 Å². The molecule has 0 bridgehead atoms. The van der Waals surface area contributed by atoms with E-state index in [2.05, 4.69) is 25.7 Å². The molecule has 0 fully saturated rings. The van der Waals surface area contributed by atoms with Crippen LogP contribution >= 0.6 is 11.6 Å². The van der Waals surface area contributed by atoms with Gasteiger partial charge in [-0.15, -0.1) is 0 Å². The number of fused-ring (bicyclic) bond motifs is 1. The number of methoxy groups -OCH3 is 1. The smallest absolute Gasteiger partial charge is 0.191 e. The lowest BCUT2D eigenvalue weighted by molar-refractivity contribution is 0.177. The minimum Gasteiger partial charge on any atom is -0.487 e. The second kappa shape index (κ2) is 9.75. The summed E-state index contributed by atoms with van der Waals surface area (Å²) in [5.74, 6) is 3.15. The van der Waals surface area contributed by atoms with E-state index in [9.17, 15) is 0 Å². The van der Waals surface area contributed by atoms with Gasteiger partial charge in [-0.05, 0) is 25.5 Å². The maximum absolute atomic E-state index is 6.15. The second-order valence-electron chi connectivity index (χ2n) is 6.75. The molecule has 0 radical (unpaired) electrons. The Morgan fingerprint density at radius 3 is 3.00 bits per heavy atom. The number of guanidine groups is 1. The molecule has 1 aliphatic rings. The summed E-state index contributed by atoms with van der Waals surface area (Å²) in [7, 11) is 3.41. The second-order valence-corrected chi connectivity index (χ2v) is 7.16. The average Bonchev–Trinajstić information content (AvgIpc) is 3.09. The van der Waals surface area contributed by atoms with E-state index in [1.165, 1.54) is 0 Å². The molecular weight excluding hydrogens is 380 g/mol. The standard InChI is InChI=1S/C19H27ClN6O2/c1-13(28-16-7-5-4-6-15(16)20)10-22-19(21-2)23-14-8-9-18-24-17(12-27-3)25-26(18)11-14/h4-7,13-14H,8-12H2,1-3H3,(H2,21,22,23). The molecule has 2 unspecified atom stereocenters. The SMILES string of the molecule is CN=C(NCC(C)Oc1ccccc1Cl)NC1CCc2nc(COC)nn2C1. The maximum Gasteiger partial charge on any atom is 0.191 e. The minimum atomic E-state index is -0.0664. The van der Waals surface area contributed by atoms with E-state index in [-0.39, 0.29) is 12.1 Å². The van der Waals surface area contributed by atoms with Crippen LogP contribution in [0.15, 0.2) is 29.3 Å². The van der Waals surface area contributed by atoms with Gasteiger partial charge in [-0.2, -0.15) is 5.10 Å². The van der Waals surface area contributed by atoms with Gasteiger partial charge < -0.3 is 20.1 Å². The van der Waals surface area contributed by atoms with E-state index in [0.29, 0.717) is 23.9 Å². The van der Waals surface area contributed by atoms with E-state index < -0.39 is 0 Å². The van der Waals surface area contributed by atoms with Crippen molar-refractivity contribution in [1.29, 1.82) is 0 Å². The van der Waals surface area contributed by atoms with E-state index in [0.717, 1.165) is 37.0 Å². The van der Waals surface area contributed by atoms with Crippen LogP contribution in [0.25, 0.3) is 0 Å². The first kappa shape index (κ1) is 20.4. The average molecular weight is 407 g/mol. The summed E-state index contributed by atoms with van der Waals surface area (Å²) in [5.41, 5.74) is 0. The molecule has 1 aliphatic heterocycles. The molecule has 0 saturated carbocycles. The predicted octanol–water partition coefficient (Wildman–Crippen LogP) is 2.03. The van der Waals surface area contributed by atoms with Crippen molar-refractivity contribution in [3.05, 3.63) is 40.9 Å². The monoisotopic (exact) mass is 406 g/mol. The summed E-state index contributed by atoms with van der Waals surface area (Å²) in [6, 6.07) is 7.70. The maximum atomic E-state index is 6.15. The number of hydrogen-bond donors (Lipinski definition) is 2. The number of nitrogens with zero attached hydrogens (tertiary/aromatic N) is 4. The fourth-order valence-corrected chi connectivity index (χ4v) is 3.28. The van der Waals surface area contributed by atoms with Crippen LogP contribution in [-0.4, -0.2) is 53.6 Å². The first-order valence-corrected chi connectivity index (χ1v) is 9.76. The Labute approximate surface area is 170 Å². The number of nitrogens with one attached hydrogen (secondary N) is 2. The van der Waals surface area contributed by atoms with Crippen LogP contribution < -0.4 is 15.4 Å². The number of halogens is 1. The molecule has 1 aromatic carbocycles. The number of ether oxygens (including phenoxy) is 2. The number of para-hydroxylation sites is 1. The normalized spacial score (nSPS) is 17.7.